The maximum Gasteiger partial charge on any atom is 0.256 e. The van der Waals surface area contributed by atoms with Crippen LogP contribution in [-0.2, 0) is 20.1 Å². The van der Waals surface area contributed by atoms with Crippen LogP contribution in [0.25, 0.3) is 22.0 Å². The number of carbonyl (C=O) groups is 1. The van der Waals surface area contributed by atoms with Gasteiger partial charge in [0, 0.05) is 49.2 Å². The fraction of sp³-hybridized carbons (Fsp3) is 0.240. The van der Waals surface area contributed by atoms with Crippen molar-refractivity contribution in [1.29, 1.82) is 0 Å². The molecule has 2 aliphatic heterocycles. The molecule has 6 rings (SSSR count). The van der Waals surface area contributed by atoms with Crippen molar-refractivity contribution >= 4 is 22.5 Å². The first-order chi connectivity index (χ1) is 16.3. The van der Waals surface area contributed by atoms with Gasteiger partial charge in [-0.3, -0.25) is 14.5 Å². The third kappa shape index (κ3) is 2.96. The molecule has 0 unspecified atom stereocenters. The van der Waals surface area contributed by atoms with Crippen molar-refractivity contribution in [3.05, 3.63) is 77.5 Å². The molecule has 2 aromatic heterocycles. The molecule has 4 heterocycles. The summed E-state index contributed by atoms with van der Waals surface area (Å²) in [4.78, 5) is 20.3. The minimum absolute atomic E-state index is 0.0748. The molecule has 0 aliphatic carbocycles. The van der Waals surface area contributed by atoms with Gasteiger partial charge < -0.3 is 9.80 Å². The van der Waals surface area contributed by atoms with Gasteiger partial charge in [0.05, 0.1) is 32.6 Å². The molecule has 1 saturated heterocycles. The van der Waals surface area contributed by atoms with Crippen LogP contribution in [-0.4, -0.2) is 38.7 Å². The van der Waals surface area contributed by atoms with Crippen LogP contribution in [0.1, 0.15) is 30.8 Å². The molecule has 0 atom stereocenters. The highest BCUT2D eigenvalue weighted by Crippen LogP contribution is 2.37. The number of aromatic nitrogens is 3. The van der Waals surface area contributed by atoms with Gasteiger partial charge in [-0.2, -0.15) is 5.10 Å². The molecule has 0 bridgehead atoms. The zero-order valence-corrected chi connectivity index (χ0v) is 17.5. The Bertz CT molecular complexity index is 1460. The number of rotatable bonds is 4. The number of benzene rings is 2. The number of halogens is 1. The summed E-state index contributed by atoms with van der Waals surface area (Å²) in [5, 5.41) is 5.39. The molecule has 6 nitrogen and oxygen atoms in total. The van der Waals surface area contributed by atoms with Crippen molar-refractivity contribution in [3.8, 4) is 11.1 Å². The summed E-state index contributed by atoms with van der Waals surface area (Å²) in [6.45, 7) is -0.727. The van der Waals surface area contributed by atoms with Gasteiger partial charge in [-0.1, -0.05) is 12.1 Å². The van der Waals surface area contributed by atoms with E-state index in [2.05, 4.69) is 15.0 Å². The molecule has 2 aliphatic rings. The lowest BCUT2D eigenvalue weighted by Gasteiger charge is -2.36. The van der Waals surface area contributed by atoms with Gasteiger partial charge >= 0.3 is 0 Å². The fourth-order valence-electron chi connectivity index (χ4n) is 4.45. The van der Waals surface area contributed by atoms with Gasteiger partial charge in [0.15, 0.2) is 0 Å². The van der Waals surface area contributed by atoms with E-state index in [0.29, 0.717) is 11.3 Å². The summed E-state index contributed by atoms with van der Waals surface area (Å²) in [7, 11) is 1.85. The zero-order chi connectivity index (χ0) is 23.6. The summed E-state index contributed by atoms with van der Waals surface area (Å²) in [5.74, 6) is -0.945. The van der Waals surface area contributed by atoms with E-state index in [1.54, 1.807) is 16.8 Å². The van der Waals surface area contributed by atoms with Crippen molar-refractivity contribution in [3.63, 3.8) is 0 Å². The second kappa shape index (κ2) is 7.15. The molecule has 0 spiro atoms. The second-order valence-electron chi connectivity index (χ2n) is 8.24. The molecule has 0 N–H and O–H groups in total. The lowest BCUT2D eigenvalue weighted by atomic mass is 9.97. The zero-order valence-electron chi connectivity index (χ0n) is 19.5. The number of amides is 1. The highest BCUT2D eigenvalue weighted by molar-refractivity contribution is 5.98. The first-order valence-electron chi connectivity index (χ1n) is 11.6. The van der Waals surface area contributed by atoms with Gasteiger partial charge in [0.25, 0.3) is 5.91 Å². The van der Waals surface area contributed by atoms with Gasteiger partial charge in [-0.15, -0.1) is 0 Å². The SMILES string of the molecule is [2H]C1([2H])c2ncccc2C(=O)N1Cc1c(F)cc(-c2cccc3nn(C)cc23)cc1N1CCC1. The third-order valence-electron chi connectivity index (χ3n) is 6.18. The van der Waals surface area contributed by atoms with Gasteiger partial charge in [-0.25, -0.2) is 4.39 Å². The Morgan fingerprint density at radius 3 is 2.78 bits per heavy atom. The molecule has 32 heavy (non-hydrogen) atoms. The lowest BCUT2D eigenvalue weighted by Crippen LogP contribution is -2.38. The minimum Gasteiger partial charge on any atom is -0.371 e. The molecule has 1 amide bonds. The van der Waals surface area contributed by atoms with Crippen molar-refractivity contribution in [2.45, 2.75) is 19.5 Å². The molecule has 1 fully saturated rings. The Labute approximate surface area is 187 Å². The quantitative estimate of drug-likeness (QED) is 0.489. The van der Waals surface area contributed by atoms with E-state index >= 15 is 4.39 Å². The monoisotopic (exact) mass is 429 g/mol. The van der Waals surface area contributed by atoms with E-state index < -0.39 is 18.2 Å². The highest BCUT2D eigenvalue weighted by atomic mass is 19.1. The van der Waals surface area contributed by atoms with Gasteiger partial charge in [-0.05, 0) is 47.9 Å². The Balaban J connectivity index is 1.46. The van der Waals surface area contributed by atoms with Crippen LogP contribution in [0.2, 0.25) is 0 Å². The van der Waals surface area contributed by atoms with Crippen LogP contribution in [0.5, 0.6) is 0 Å². The number of hydrogen-bond donors (Lipinski definition) is 0. The van der Waals surface area contributed by atoms with Crippen LogP contribution in [0, 0.1) is 5.82 Å². The topological polar surface area (TPSA) is 54.3 Å². The summed E-state index contributed by atoms with van der Waals surface area (Å²) in [6.07, 6.45) is 4.39. The molecule has 0 radical (unpaired) electrons. The maximum absolute atomic E-state index is 15.8. The Morgan fingerprint density at radius 1 is 1.16 bits per heavy atom. The summed E-state index contributed by atoms with van der Waals surface area (Å²) in [5.41, 5.74) is 3.73. The van der Waals surface area contributed by atoms with Gasteiger partial charge in [0.2, 0.25) is 0 Å². The number of carbonyl (C=O) groups excluding carboxylic acids is 1. The van der Waals surface area contributed by atoms with E-state index in [0.717, 1.165) is 46.4 Å². The normalized spacial score (nSPS) is 17.9. The Morgan fingerprint density at radius 2 is 2.00 bits per heavy atom. The second-order valence-corrected chi connectivity index (χ2v) is 8.24. The molecule has 4 aromatic rings. The standard InChI is InChI=1S/C25H22FN5O/c1-29-13-19-17(5-2-7-22(19)28-29)16-11-21(26)20(24(12-16)30-9-4-10-30)14-31-15-23-18(25(31)32)6-3-8-27-23/h2-3,5-8,11-13H,4,9-10,14-15H2,1H3/i15D2. The average molecular weight is 429 g/mol. The smallest absolute Gasteiger partial charge is 0.256 e. The molecule has 2 aromatic carbocycles. The highest BCUT2D eigenvalue weighted by Gasteiger charge is 2.31. The number of fused-ring (bicyclic) bond motifs is 2. The number of nitrogens with zero attached hydrogens (tertiary/aromatic N) is 5. The van der Waals surface area contributed by atoms with E-state index in [4.69, 9.17) is 2.74 Å². The molecule has 7 heteroatoms. The molecule has 160 valence electrons. The van der Waals surface area contributed by atoms with E-state index in [1.807, 2.05) is 37.5 Å². The van der Waals surface area contributed by atoms with Crippen LogP contribution in [0.3, 0.4) is 0 Å². The molecule has 0 saturated carbocycles. The Hall–Kier alpha value is -3.74. The summed E-state index contributed by atoms with van der Waals surface area (Å²) >= 11 is 0. The number of anilines is 1. The van der Waals surface area contributed by atoms with E-state index in [1.165, 1.54) is 12.3 Å². The first-order valence-corrected chi connectivity index (χ1v) is 10.6. The minimum atomic E-state index is -2.12. The number of hydrogen-bond acceptors (Lipinski definition) is 4. The average Bonchev–Trinajstić information content (AvgIpc) is 3.24. The summed E-state index contributed by atoms with van der Waals surface area (Å²) < 4.78 is 34.6. The van der Waals surface area contributed by atoms with Crippen molar-refractivity contribution in [2.75, 3.05) is 18.0 Å². The van der Waals surface area contributed by atoms with Crippen LogP contribution >= 0.6 is 0 Å². The predicted molar refractivity (Wildman–Crippen MR) is 121 cm³/mol. The Kier molecular flexibility index (Phi) is 3.78. The predicted octanol–water partition coefficient (Wildman–Crippen LogP) is 4.14. The van der Waals surface area contributed by atoms with E-state index in [-0.39, 0.29) is 17.8 Å². The number of aryl methyl sites for hydroxylation is 1. The molecular weight excluding hydrogens is 405 g/mol. The molecular formula is C25H22FN5O. The lowest BCUT2D eigenvalue weighted by molar-refractivity contribution is 0.0765. The van der Waals surface area contributed by atoms with Crippen molar-refractivity contribution < 1.29 is 11.9 Å². The maximum atomic E-state index is 15.8. The van der Waals surface area contributed by atoms with Crippen LogP contribution in [0.4, 0.5) is 10.1 Å². The first kappa shape index (κ1) is 16.9. The third-order valence-corrected chi connectivity index (χ3v) is 6.18. The fourth-order valence-corrected chi connectivity index (χ4v) is 4.45. The van der Waals surface area contributed by atoms with Crippen molar-refractivity contribution in [1.82, 2.24) is 19.7 Å². The van der Waals surface area contributed by atoms with Crippen molar-refractivity contribution in [2.24, 2.45) is 7.05 Å². The number of pyridine rings is 1. The van der Waals surface area contributed by atoms with Crippen LogP contribution < -0.4 is 4.90 Å². The van der Waals surface area contributed by atoms with Crippen LogP contribution in [0.15, 0.2) is 54.9 Å². The summed E-state index contributed by atoms with van der Waals surface area (Å²) in [6, 6.07) is 12.4. The van der Waals surface area contributed by atoms with Gasteiger partial charge in [0.1, 0.15) is 5.82 Å². The van der Waals surface area contributed by atoms with E-state index in [9.17, 15) is 4.79 Å². The largest absolute Gasteiger partial charge is 0.371 e.